The molecule has 0 bridgehead atoms. The second-order valence-electron chi connectivity index (χ2n) is 6.20. The number of hydrogen-bond acceptors (Lipinski definition) is 5. The highest BCUT2D eigenvalue weighted by atomic mass is 32.2. The summed E-state index contributed by atoms with van der Waals surface area (Å²) < 4.78 is 16.9. The molecule has 3 rings (SSSR count). The maximum Gasteiger partial charge on any atom is 0.321 e. The minimum absolute atomic E-state index is 0.112. The summed E-state index contributed by atoms with van der Waals surface area (Å²) in [5, 5.41) is 13.7. The van der Waals surface area contributed by atoms with E-state index in [-0.39, 0.29) is 11.9 Å². The second-order valence-corrected chi connectivity index (χ2v) is 7.62. The summed E-state index contributed by atoms with van der Waals surface area (Å²) in [5.74, 6) is -0.112. The fourth-order valence-corrected chi connectivity index (χ4v) is 4.03. The normalized spacial score (nSPS) is 18.0. The quantitative estimate of drug-likeness (QED) is 0.844. The Bertz CT molecular complexity index is 714. The number of nitrogens with one attached hydrogen (secondary N) is 1. The van der Waals surface area contributed by atoms with E-state index in [1.165, 1.54) is 24.2 Å². The topological polar surface area (TPSA) is 75.9 Å². The molecular formula is C16H21FN6OS. The molecule has 134 valence electrons. The van der Waals surface area contributed by atoms with Crippen LogP contribution in [-0.2, 0) is 7.05 Å². The third-order valence-electron chi connectivity index (χ3n) is 4.43. The molecule has 1 aliphatic heterocycles. The molecule has 1 fully saturated rings. The van der Waals surface area contributed by atoms with Crippen molar-refractivity contribution in [3.05, 3.63) is 30.7 Å². The number of urea groups is 1. The number of likely N-dealkylation sites (tertiary alicyclic amines) is 1. The van der Waals surface area contributed by atoms with E-state index < -0.39 is 5.00 Å². The maximum absolute atomic E-state index is 15.2. The summed E-state index contributed by atoms with van der Waals surface area (Å²) in [6, 6.07) is 3.31. The van der Waals surface area contributed by atoms with Crippen LogP contribution < -0.4 is 5.32 Å². The lowest BCUT2D eigenvalue weighted by atomic mass is 9.92. The van der Waals surface area contributed by atoms with E-state index in [4.69, 9.17) is 0 Å². The molecule has 0 radical (unpaired) electrons. The van der Waals surface area contributed by atoms with Crippen LogP contribution in [0.2, 0.25) is 0 Å². The number of piperidine rings is 1. The number of carbonyl (C=O) groups is 1. The van der Waals surface area contributed by atoms with Crippen molar-refractivity contribution in [2.24, 2.45) is 13.0 Å². The maximum atomic E-state index is 15.2. The molecule has 0 aliphatic carbocycles. The molecule has 7 nitrogen and oxygen atoms in total. The van der Waals surface area contributed by atoms with Gasteiger partial charge in [-0.2, -0.15) is 15.3 Å². The predicted molar refractivity (Wildman–Crippen MR) is 93.9 cm³/mol. The molecule has 2 aromatic heterocycles. The van der Waals surface area contributed by atoms with Gasteiger partial charge < -0.3 is 10.2 Å². The van der Waals surface area contributed by atoms with Gasteiger partial charge in [-0.05, 0) is 31.9 Å². The molecule has 2 aromatic rings. The smallest absolute Gasteiger partial charge is 0.321 e. The Labute approximate surface area is 150 Å². The van der Waals surface area contributed by atoms with Crippen LogP contribution in [0.4, 0.5) is 14.9 Å². The summed E-state index contributed by atoms with van der Waals surface area (Å²) >= 11 is 1.20. The van der Waals surface area contributed by atoms with Gasteiger partial charge >= 0.3 is 6.03 Å². The molecule has 1 atom stereocenters. The molecule has 0 spiro atoms. The molecule has 1 aliphatic rings. The number of thioether (sulfide) groups is 1. The Hall–Kier alpha value is -2.16. The van der Waals surface area contributed by atoms with Crippen molar-refractivity contribution in [3.8, 4) is 0 Å². The van der Waals surface area contributed by atoms with Crippen LogP contribution in [0.15, 0.2) is 35.7 Å². The zero-order valence-electron chi connectivity index (χ0n) is 14.2. The number of hydrogen-bond donors (Lipinski definition) is 1. The van der Waals surface area contributed by atoms with Crippen molar-refractivity contribution in [1.82, 2.24) is 24.9 Å². The van der Waals surface area contributed by atoms with Crippen molar-refractivity contribution in [3.63, 3.8) is 0 Å². The fourth-order valence-electron chi connectivity index (χ4n) is 2.92. The zero-order valence-corrected chi connectivity index (χ0v) is 15.0. The Morgan fingerprint density at radius 1 is 1.32 bits per heavy atom. The van der Waals surface area contributed by atoms with Crippen LogP contribution in [-0.4, -0.2) is 49.0 Å². The Kier molecular flexibility index (Phi) is 5.22. The first-order chi connectivity index (χ1) is 12.0. The van der Waals surface area contributed by atoms with Crippen LogP contribution in [0.1, 0.15) is 19.8 Å². The van der Waals surface area contributed by atoms with Gasteiger partial charge in [0.05, 0.1) is 29.3 Å². The summed E-state index contributed by atoms with van der Waals surface area (Å²) in [4.78, 5) is 14.0. The van der Waals surface area contributed by atoms with Crippen LogP contribution >= 0.6 is 11.8 Å². The van der Waals surface area contributed by atoms with Gasteiger partial charge in [0.15, 0.2) is 5.00 Å². The summed E-state index contributed by atoms with van der Waals surface area (Å²) in [6.45, 7) is 2.68. The largest absolute Gasteiger partial charge is 0.325 e. The van der Waals surface area contributed by atoms with Crippen molar-refractivity contribution < 1.29 is 9.18 Å². The number of alkyl halides is 1. The fraction of sp³-hybridized carbons (Fsp3) is 0.500. The molecule has 1 saturated heterocycles. The number of aryl methyl sites for hydroxylation is 1. The van der Waals surface area contributed by atoms with Gasteiger partial charge in [0, 0.05) is 26.1 Å². The summed E-state index contributed by atoms with van der Waals surface area (Å²) in [6.07, 6.45) is 5.93. The molecule has 0 saturated carbocycles. The Morgan fingerprint density at radius 3 is 2.68 bits per heavy atom. The average Bonchev–Trinajstić information content (AvgIpc) is 3.00. The minimum Gasteiger partial charge on any atom is -0.325 e. The molecule has 1 N–H and O–H groups in total. The number of amides is 2. The first kappa shape index (κ1) is 17.7. The number of halogens is 1. The van der Waals surface area contributed by atoms with Gasteiger partial charge in [0.25, 0.3) is 0 Å². The van der Waals surface area contributed by atoms with Crippen LogP contribution in [0.5, 0.6) is 0 Å². The molecule has 3 heterocycles. The Morgan fingerprint density at radius 2 is 2.08 bits per heavy atom. The van der Waals surface area contributed by atoms with Crippen LogP contribution in [0.25, 0.3) is 0 Å². The average molecular weight is 364 g/mol. The third-order valence-corrected chi connectivity index (χ3v) is 5.77. The van der Waals surface area contributed by atoms with E-state index >= 15 is 4.39 Å². The molecule has 9 heteroatoms. The highest BCUT2D eigenvalue weighted by molar-refractivity contribution is 8.00. The summed E-state index contributed by atoms with van der Waals surface area (Å²) in [7, 11) is 1.80. The van der Waals surface area contributed by atoms with E-state index in [0.717, 1.165) is 5.03 Å². The van der Waals surface area contributed by atoms with Crippen molar-refractivity contribution >= 4 is 23.5 Å². The van der Waals surface area contributed by atoms with Gasteiger partial charge in [-0.3, -0.25) is 4.68 Å². The van der Waals surface area contributed by atoms with Gasteiger partial charge in [-0.25, -0.2) is 9.18 Å². The molecule has 2 amide bonds. The first-order valence-electron chi connectivity index (χ1n) is 8.14. The van der Waals surface area contributed by atoms with E-state index in [1.54, 1.807) is 35.8 Å². The molecule has 25 heavy (non-hydrogen) atoms. The van der Waals surface area contributed by atoms with E-state index in [0.29, 0.717) is 31.6 Å². The van der Waals surface area contributed by atoms with Gasteiger partial charge in [0.1, 0.15) is 0 Å². The molecular weight excluding hydrogens is 343 g/mol. The second kappa shape index (κ2) is 7.38. The number of aromatic nitrogens is 4. The third kappa shape index (κ3) is 4.28. The van der Waals surface area contributed by atoms with Crippen LogP contribution in [0.3, 0.4) is 0 Å². The van der Waals surface area contributed by atoms with E-state index in [2.05, 4.69) is 20.6 Å². The predicted octanol–water partition coefficient (Wildman–Crippen LogP) is 2.93. The lowest BCUT2D eigenvalue weighted by molar-refractivity contribution is 0.124. The zero-order chi connectivity index (χ0) is 17.9. The standard InChI is InChI=1S/C16H21FN6OS/c1-16(17,25-14-4-8-20-22(14)2)12-5-9-23(10-6-12)15(24)21-13-3-7-18-19-11-13/h3-4,7-8,11-12H,5-6,9-10H2,1-2H3,(H,18,21,24). The lowest BCUT2D eigenvalue weighted by Gasteiger charge is -2.37. The van der Waals surface area contributed by atoms with Crippen molar-refractivity contribution in [2.45, 2.75) is 29.8 Å². The van der Waals surface area contributed by atoms with Gasteiger partial charge in [-0.15, -0.1) is 0 Å². The number of carbonyl (C=O) groups excluding carboxylic acids is 1. The molecule has 1 unspecified atom stereocenters. The van der Waals surface area contributed by atoms with Gasteiger partial charge in [0.2, 0.25) is 0 Å². The highest BCUT2D eigenvalue weighted by Crippen LogP contribution is 2.43. The SMILES string of the molecule is Cn1nccc1SC(C)(F)C1CCN(C(=O)Nc2ccnnc2)CC1. The van der Waals surface area contributed by atoms with Crippen molar-refractivity contribution in [2.75, 3.05) is 18.4 Å². The number of nitrogens with zero attached hydrogens (tertiary/aromatic N) is 5. The van der Waals surface area contributed by atoms with Gasteiger partial charge in [-0.1, -0.05) is 11.8 Å². The summed E-state index contributed by atoms with van der Waals surface area (Å²) in [5.41, 5.74) is 0.601. The monoisotopic (exact) mass is 364 g/mol. The highest BCUT2D eigenvalue weighted by Gasteiger charge is 2.39. The van der Waals surface area contributed by atoms with Crippen LogP contribution in [0, 0.1) is 5.92 Å². The lowest BCUT2D eigenvalue weighted by Crippen LogP contribution is -2.44. The van der Waals surface area contributed by atoms with Crippen molar-refractivity contribution in [1.29, 1.82) is 0 Å². The molecule has 0 aromatic carbocycles. The van der Waals surface area contributed by atoms with E-state index in [9.17, 15) is 4.79 Å². The van der Waals surface area contributed by atoms with E-state index in [1.807, 2.05) is 6.07 Å². The number of rotatable bonds is 4. The minimum atomic E-state index is -1.40. The first-order valence-corrected chi connectivity index (χ1v) is 8.96. The number of anilines is 1. The Balaban J connectivity index is 1.54.